The van der Waals surface area contributed by atoms with Crippen molar-refractivity contribution in [3.05, 3.63) is 35.4 Å². The average Bonchev–Trinajstić information content (AvgIpc) is 2.78. The van der Waals surface area contributed by atoms with Crippen LogP contribution in [0.1, 0.15) is 31.4 Å². The molecule has 4 nitrogen and oxygen atoms in total. The van der Waals surface area contributed by atoms with Gasteiger partial charge in [-0.05, 0) is 51.9 Å². The van der Waals surface area contributed by atoms with E-state index in [0.29, 0.717) is 0 Å². The van der Waals surface area contributed by atoms with Gasteiger partial charge in [-0.2, -0.15) is 0 Å². The Balaban J connectivity index is 1.87. The van der Waals surface area contributed by atoms with Gasteiger partial charge in [-0.25, -0.2) is 0 Å². The van der Waals surface area contributed by atoms with Crippen molar-refractivity contribution >= 4 is 0 Å². The van der Waals surface area contributed by atoms with Gasteiger partial charge in [0.1, 0.15) is 0 Å². The molecule has 1 saturated heterocycles. The van der Waals surface area contributed by atoms with Crippen LogP contribution in [0.3, 0.4) is 0 Å². The molecule has 0 bridgehead atoms. The summed E-state index contributed by atoms with van der Waals surface area (Å²) >= 11 is 0. The number of aryl methyl sites for hydroxylation is 1. The minimum atomic E-state index is -0.606. The van der Waals surface area contributed by atoms with E-state index >= 15 is 0 Å². The Morgan fingerprint density at radius 2 is 1.73 bits per heavy atom. The third-order valence-electron chi connectivity index (χ3n) is 4.45. The smallest absolute Gasteiger partial charge is 0.0834 e. The van der Waals surface area contributed by atoms with E-state index in [1.54, 1.807) is 0 Å². The van der Waals surface area contributed by atoms with Gasteiger partial charge in [0.25, 0.3) is 0 Å². The molecule has 1 heterocycles. The normalized spacial score (nSPS) is 23.4. The van der Waals surface area contributed by atoms with E-state index in [4.69, 9.17) is 0 Å². The van der Waals surface area contributed by atoms with Crippen LogP contribution in [-0.2, 0) is 13.0 Å². The van der Waals surface area contributed by atoms with Crippen molar-refractivity contribution in [2.24, 2.45) is 0 Å². The van der Waals surface area contributed by atoms with Gasteiger partial charge < -0.3 is 15.1 Å². The van der Waals surface area contributed by atoms with Crippen molar-refractivity contribution in [3.63, 3.8) is 0 Å². The molecule has 2 atom stereocenters. The van der Waals surface area contributed by atoms with Crippen molar-refractivity contribution < 1.29 is 10.2 Å². The van der Waals surface area contributed by atoms with E-state index in [9.17, 15) is 10.2 Å². The summed E-state index contributed by atoms with van der Waals surface area (Å²) in [5.41, 5.74) is 1.93. The maximum absolute atomic E-state index is 10.1. The highest BCUT2D eigenvalue weighted by Gasteiger charge is 2.32. The highest BCUT2D eigenvalue weighted by molar-refractivity contribution is 5.23. The molecule has 4 heteroatoms. The maximum atomic E-state index is 10.1. The third-order valence-corrected chi connectivity index (χ3v) is 4.45. The zero-order valence-corrected chi connectivity index (χ0v) is 14.3. The minimum absolute atomic E-state index is 0.228. The molecule has 22 heavy (non-hydrogen) atoms. The topological polar surface area (TPSA) is 46.9 Å². The largest absolute Gasteiger partial charge is 0.390 e. The summed E-state index contributed by atoms with van der Waals surface area (Å²) in [5, 5.41) is 19.9. The predicted octanol–water partition coefficient (Wildman–Crippen LogP) is 1.50. The zero-order chi connectivity index (χ0) is 16.3. The highest BCUT2D eigenvalue weighted by atomic mass is 16.3. The number of aliphatic hydroxyl groups excluding tert-OH is 1. The van der Waals surface area contributed by atoms with Crippen molar-refractivity contribution in [2.45, 2.75) is 51.0 Å². The van der Waals surface area contributed by atoms with E-state index in [-0.39, 0.29) is 12.1 Å². The second-order valence-electron chi connectivity index (χ2n) is 7.42. The lowest BCUT2D eigenvalue weighted by Crippen LogP contribution is -2.37. The number of likely N-dealkylation sites (N-methyl/N-ethyl adjacent to an activating group) is 1. The van der Waals surface area contributed by atoms with Crippen LogP contribution in [0.4, 0.5) is 0 Å². The van der Waals surface area contributed by atoms with Crippen LogP contribution in [0.5, 0.6) is 0 Å². The number of hydrogen-bond donors (Lipinski definition) is 2. The number of hydrogen-bond acceptors (Lipinski definition) is 4. The summed E-state index contributed by atoms with van der Waals surface area (Å²) in [5.74, 6) is 0. The fraction of sp³-hybridized carbons (Fsp3) is 0.667. The molecule has 1 fully saturated rings. The Hall–Kier alpha value is -0.940. The van der Waals surface area contributed by atoms with Gasteiger partial charge in [0.2, 0.25) is 0 Å². The molecular weight excluding hydrogens is 276 g/mol. The van der Waals surface area contributed by atoms with E-state index in [0.717, 1.165) is 32.5 Å². The summed E-state index contributed by atoms with van der Waals surface area (Å²) in [6, 6.07) is 8.85. The third kappa shape index (κ3) is 5.06. The molecule has 0 amide bonds. The van der Waals surface area contributed by atoms with Crippen LogP contribution in [0, 0.1) is 0 Å². The summed E-state index contributed by atoms with van der Waals surface area (Å²) < 4.78 is 0. The van der Waals surface area contributed by atoms with Gasteiger partial charge in [0, 0.05) is 25.7 Å². The Kier molecular flexibility index (Phi) is 5.61. The van der Waals surface area contributed by atoms with Gasteiger partial charge in [0.05, 0.1) is 11.7 Å². The second kappa shape index (κ2) is 7.09. The molecule has 1 aliphatic heterocycles. The van der Waals surface area contributed by atoms with Crippen LogP contribution in [0.15, 0.2) is 24.3 Å². The number of benzene rings is 1. The zero-order valence-electron chi connectivity index (χ0n) is 14.3. The Morgan fingerprint density at radius 1 is 1.14 bits per heavy atom. The van der Waals surface area contributed by atoms with Crippen LogP contribution in [0.25, 0.3) is 0 Å². The molecule has 1 aliphatic rings. The molecule has 1 aromatic carbocycles. The number of likely N-dealkylation sites (tertiary alicyclic amines) is 1. The molecule has 124 valence electrons. The predicted molar refractivity (Wildman–Crippen MR) is 89.8 cm³/mol. The molecule has 0 radical (unpaired) electrons. The molecule has 0 aromatic heterocycles. The molecular formula is C18H30N2O2. The van der Waals surface area contributed by atoms with Crippen molar-refractivity contribution in [2.75, 3.05) is 27.2 Å². The van der Waals surface area contributed by atoms with Gasteiger partial charge in [-0.1, -0.05) is 24.3 Å². The number of aliphatic hydroxyl groups is 2. The quantitative estimate of drug-likeness (QED) is 0.836. The number of rotatable bonds is 6. The van der Waals surface area contributed by atoms with Crippen molar-refractivity contribution in [1.29, 1.82) is 0 Å². The van der Waals surface area contributed by atoms with E-state index in [2.05, 4.69) is 34.1 Å². The number of β-amino-alcohol motifs (C(OH)–C–C–N with tert-alkyl or cyclic N) is 1. The molecule has 0 saturated carbocycles. The first-order valence-corrected chi connectivity index (χ1v) is 8.11. The summed E-state index contributed by atoms with van der Waals surface area (Å²) in [6.07, 6.45) is 1.41. The van der Waals surface area contributed by atoms with Gasteiger partial charge in [-0.15, -0.1) is 0 Å². The maximum Gasteiger partial charge on any atom is 0.0834 e. The minimum Gasteiger partial charge on any atom is -0.390 e. The summed E-state index contributed by atoms with van der Waals surface area (Å²) in [7, 11) is 4.05. The first-order valence-electron chi connectivity index (χ1n) is 8.11. The SMILES string of the molecule is CN(C)[C@H]1CN(Cc2ccc(CCC(C)(C)O)cc2)C[C@@H]1O. The van der Waals surface area contributed by atoms with Gasteiger partial charge >= 0.3 is 0 Å². The van der Waals surface area contributed by atoms with Crippen LogP contribution in [0.2, 0.25) is 0 Å². The molecule has 0 spiro atoms. The van der Waals surface area contributed by atoms with E-state index in [1.807, 2.05) is 27.9 Å². The molecule has 2 rings (SSSR count). The van der Waals surface area contributed by atoms with Crippen LogP contribution in [-0.4, -0.2) is 64.9 Å². The lowest BCUT2D eigenvalue weighted by atomic mass is 9.98. The lowest BCUT2D eigenvalue weighted by Gasteiger charge is -2.21. The second-order valence-corrected chi connectivity index (χ2v) is 7.42. The van der Waals surface area contributed by atoms with Crippen LogP contribution >= 0.6 is 0 Å². The molecule has 0 aliphatic carbocycles. The highest BCUT2D eigenvalue weighted by Crippen LogP contribution is 2.18. The van der Waals surface area contributed by atoms with Crippen molar-refractivity contribution in [3.8, 4) is 0 Å². The Bertz CT molecular complexity index is 465. The molecule has 1 aromatic rings. The summed E-state index contributed by atoms with van der Waals surface area (Å²) in [6.45, 7) is 6.23. The fourth-order valence-corrected chi connectivity index (χ4v) is 3.00. The standard InChI is InChI=1S/C18H30N2O2/c1-18(2,22)10-9-14-5-7-15(8-6-14)11-20-12-16(19(3)4)17(21)13-20/h5-8,16-17,21-22H,9-13H2,1-4H3/t16-,17-/m0/s1. The first-order chi connectivity index (χ1) is 10.2. The van der Waals surface area contributed by atoms with E-state index < -0.39 is 5.60 Å². The van der Waals surface area contributed by atoms with Crippen molar-refractivity contribution in [1.82, 2.24) is 9.80 Å². The average molecular weight is 306 g/mol. The Morgan fingerprint density at radius 3 is 2.23 bits per heavy atom. The monoisotopic (exact) mass is 306 g/mol. The Labute approximate surface area is 134 Å². The van der Waals surface area contributed by atoms with Gasteiger partial charge in [0.15, 0.2) is 0 Å². The van der Waals surface area contributed by atoms with E-state index in [1.165, 1.54) is 11.1 Å². The number of nitrogens with zero attached hydrogens (tertiary/aromatic N) is 2. The molecule has 0 unspecified atom stereocenters. The first kappa shape index (κ1) is 17.4. The summed E-state index contributed by atoms with van der Waals surface area (Å²) in [4.78, 5) is 4.41. The van der Waals surface area contributed by atoms with Crippen LogP contribution < -0.4 is 0 Å². The van der Waals surface area contributed by atoms with Gasteiger partial charge in [-0.3, -0.25) is 4.90 Å². The molecule has 2 N–H and O–H groups in total. The lowest BCUT2D eigenvalue weighted by molar-refractivity contribution is 0.0714. The fourth-order valence-electron chi connectivity index (χ4n) is 3.00.